The van der Waals surface area contributed by atoms with E-state index in [0.717, 1.165) is 33.6 Å². The highest BCUT2D eigenvalue weighted by Crippen LogP contribution is 2.30. The molecule has 1 N–H and O–H groups in total. The summed E-state index contributed by atoms with van der Waals surface area (Å²) >= 11 is 0. The van der Waals surface area contributed by atoms with Crippen LogP contribution in [-0.4, -0.2) is 18.0 Å². The van der Waals surface area contributed by atoms with E-state index < -0.39 is 0 Å². The zero-order valence-electron chi connectivity index (χ0n) is 19.0. The number of hydrogen-bond donors (Lipinski definition) is 1. The molecule has 0 saturated carbocycles. The van der Waals surface area contributed by atoms with Gasteiger partial charge < -0.3 is 14.6 Å². The van der Waals surface area contributed by atoms with E-state index in [0.29, 0.717) is 12.0 Å². The van der Waals surface area contributed by atoms with Gasteiger partial charge in [0, 0.05) is 10.9 Å². The summed E-state index contributed by atoms with van der Waals surface area (Å²) in [4.78, 5) is 12.8. The van der Waals surface area contributed by atoms with E-state index in [1.54, 1.807) is 25.3 Å². The smallest absolute Gasteiger partial charge is 0.189 e. The molecule has 0 amide bonds. The van der Waals surface area contributed by atoms with Crippen LogP contribution in [0.2, 0.25) is 0 Å². The van der Waals surface area contributed by atoms with Crippen molar-refractivity contribution in [1.82, 2.24) is 0 Å². The fraction of sp³-hybridized carbons (Fsp3) is 0.138. The minimum absolute atomic E-state index is 0.0000873. The van der Waals surface area contributed by atoms with E-state index in [4.69, 9.17) is 9.47 Å². The molecule has 33 heavy (non-hydrogen) atoms. The summed E-state index contributed by atoms with van der Waals surface area (Å²) in [7, 11) is 1.62. The third-order valence-corrected chi connectivity index (χ3v) is 5.84. The van der Waals surface area contributed by atoms with Gasteiger partial charge >= 0.3 is 0 Å². The summed E-state index contributed by atoms with van der Waals surface area (Å²) < 4.78 is 11.5. The summed E-state index contributed by atoms with van der Waals surface area (Å²) in [6, 6.07) is 22.6. The number of benzene rings is 4. The molecule has 0 aliphatic carbocycles. The van der Waals surface area contributed by atoms with Crippen molar-refractivity contribution in [3.63, 3.8) is 0 Å². The third kappa shape index (κ3) is 4.75. The standard InChI is InChI=1S/C29H26O4/c1-19-7-6-10-27(20(19)2)33-18-23-17-21(12-16-28(23)32-3)11-15-26(30)25-14-13-22-8-4-5-9-24(22)29(25)31/h4-17,31H,18H2,1-3H3/b15-11+. The van der Waals surface area contributed by atoms with E-state index in [1.807, 2.05) is 61.5 Å². The van der Waals surface area contributed by atoms with Crippen molar-refractivity contribution in [2.24, 2.45) is 0 Å². The average Bonchev–Trinajstić information content (AvgIpc) is 2.84. The first-order chi connectivity index (χ1) is 16.0. The number of hydrogen-bond acceptors (Lipinski definition) is 4. The molecule has 0 heterocycles. The predicted molar refractivity (Wildman–Crippen MR) is 132 cm³/mol. The van der Waals surface area contributed by atoms with Gasteiger partial charge in [0.05, 0.1) is 12.7 Å². The second-order valence-corrected chi connectivity index (χ2v) is 7.94. The largest absolute Gasteiger partial charge is 0.507 e. The number of ketones is 1. The topological polar surface area (TPSA) is 55.8 Å². The molecular weight excluding hydrogens is 412 g/mol. The minimum atomic E-state index is -0.262. The number of phenolic OH excluding ortho intramolecular Hbond substituents is 1. The van der Waals surface area contributed by atoms with Gasteiger partial charge in [-0.05, 0) is 66.3 Å². The van der Waals surface area contributed by atoms with Crippen molar-refractivity contribution >= 4 is 22.6 Å². The fourth-order valence-corrected chi connectivity index (χ4v) is 3.77. The molecule has 0 saturated heterocycles. The monoisotopic (exact) mass is 438 g/mol. The van der Waals surface area contributed by atoms with Crippen molar-refractivity contribution in [1.29, 1.82) is 0 Å². The maximum absolute atomic E-state index is 12.8. The summed E-state index contributed by atoms with van der Waals surface area (Å²) in [5, 5.41) is 12.1. The Morgan fingerprint density at radius 1 is 0.939 bits per heavy atom. The number of methoxy groups -OCH3 is 1. The molecule has 0 aromatic heterocycles. The molecule has 0 atom stereocenters. The number of phenols is 1. The molecule has 4 heteroatoms. The first kappa shape index (κ1) is 22.2. The molecule has 0 bridgehead atoms. The van der Waals surface area contributed by atoms with Gasteiger partial charge in [0.2, 0.25) is 0 Å². The Labute approximate surface area is 193 Å². The Balaban J connectivity index is 1.55. The van der Waals surface area contributed by atoms with Gasteiger partial charge in [-0.2, -0.15) is 0 Å². The average molecular weight is 439 g/mol. The Hall–Kier alpha value is -4.05. The van der Waals surface area contributed by atoms with E-state index >= 15 is 0 Å². The predicted octanol–water partition coefficient (Wildman–Crippen LogP) is 6.65. The van der Waals surface area contributed by atoms with Crippen molar-refractivity contribution in [3.05, 3.63) is 107 Å². The van der Waals surface area contributed by atoms with Crippen LogP contribution in [0.3, 0.4) is 0 Å². The van der Waals surface area contributed by atoms with Crippen molar-refractivity contribution < 1.29 is 19.4 Å². The number of ether oxygens (including phenoxy) is 2. The van der Waals surface area contributed by atoms with Crippen LogP contribution >= 0.6 is 0 Å². The first-order valence-corrected chi connectivity index (χ1v) is 10.8. The van der Waals surface area contributed by atoms with Crippen molar-refractivity contribution in [2.75, 3.05) is 7.11 Å². The Bertz CT molecular complexity index is 1350. The molecule has 4 nitrogen and oxygen atoms in total. The van der Waals surface area contributed by atoms with Gasteiger partial charge in [0.25, 0.3) is 0 Å². The number of aryl methyl sites for hydroxylation is 1. The molecule has 0 aliphatic heterocycles. The molecule has 0 fully saturated rings. The number of aromatic hydroxyl groups is 1. The highest BCUT2D eigenvalue weighted by atomic mass is 16.5. The first-order valence-electron chi connectivity index (χ1n) is 10.8. The molecule has 166 valence electrons. The SMILES string of the molecule is COc1ccc(/C=C/C(=O)c2ccc3ccccc3c2O)cc1COc1cccc(C)c1C. The maximum atomic E-state index is 12.8. The zero-order chi connectivity index (χ0) is 23.4. The molecule has 4 aromatic rings. The van der Waals surface area contributed by atoms with Crippen LogP contribution in [0.4, 0.5) is 0 Å². The number of carbonyl (C=O) groups excluding carboxylic acids is 1. The molecule has 0 radical (unpaired) electrons. The maximum Gasteiger partial charge on any atom is 0.189 e. The highest BCUT2D eigenvalue weighted by Gasteiger charge is 2.12. The lowest BCUT2D eigenvalue weighted by Crippen LogP contribution is -2.01. The molecule has 0 unspecified atom stereocenters. The molecule has 0 spiro atoms. The van der Waals surface area contributed by atoms with Crippen LogP contribution in [-0.2, 0) is 6.61 Å². The lowest BCUT2D eigenvalue weighted by Gasteiger charge is -2.13. The van der Waals surface area contributed by atoms with E-state index in [9.17, 15) is 9.90 Å². The summed E-state index contributed by atoms with van der Waals surface area (Å²) in [5.74, 6) is 1.29. The second-order valence-electron chi connectivity index (χ2n) is 7.94. The summed E-state index contributed by atoms with van der Waals surface area (Å²) in [6.45, 7) is 4.43. The minimum Gasteiger partial charge on any atom is -0.507 e. The Kier molecular flexibility index (Phi) is 6.45. The van der Waals surface area contributed by atoms with Crippen LogP contribution in [0.1, 0.15) is 32.6 Å². The zero-order valence-corrected chi connectivity index (χ0v) is 19.0. The van der Waals surface area contributed by atoms with Gasteiger partial charge in [0.15, 0.2) is 5.78 Å². The molecule has 4 rings (SSSR count). The second kappa shape index (κ2) is 9.61. The van der Waals surface area contributed by atoms with E-state index in [2.05, 4.69) is 13.0 Å². The van der Waals surface area contributed by atoms with Crippen LogP contribution in [0.25, 0.3) is 16.8 Å². The number of carbonyl (C=O) groups is 1. The van der Waals surface area contributed by atoms with Crippen molar-refractivity contribution in [2.45, 2.75) is 20.5 Å². The van der Waals surface area contributed by atoms with E-state index in [-0.39, 0.29) is 17.1 Å². The number of allylic oxidation sites excluding steroid dienone is 1. The van der Waals surface area contributed by atoms with Crippen LogP contribution in [0.5, 0.6) is 17.2 Å². The fourth-order valence-electron chi connectivity index (χ4n) is 3.77. The summed E-state index contributed by atoms with van der Waals surface area (Å²) in [6.07, 6.45) is 3.21. The molecule has 4 aromatic carbocycles. The van der Waals surface area contributed by atoms with Gasteiger partial charge in [-0.25, -0.2) is 0 Å². The van der Waals surface area contributed by atoms with Gasteiger partial charge in [-0.3, -0.25) is 4.79 Å². The van der Waals surface area contributed by atoms with Gasteiger partial charge in [-0.1, -0.05) is 54.6 Å². The van der Waals surface area contributed by atoms with Gasteiger partial charge in [-0.15, -0.1) is 0 Å². The van der Waals surface area contributed by atoms with Gasteiger partial charge in [0.1, 0.15) is 23.9 Å². The Morgan fingerprint density at radius 3 is 2.58 bits per heavy atom. The summed E-state index contributed by atoms with van der Waals surface area (Å²) in [5.41, 5.74) is 4.27. The van der Waals surface area contributed by atoms with E-state index in [1.165, 1.54) is 11.6 Å². The molecule has 0 aliphatic rings. The lowest BCUT2D eigenvalue weighted by atomic mass is 10.0. The highest BCUT2D eigenvalue weighted by molar-refractivity contribution is 6.11. The quantitative estimate of drug-likeness (QED) is 0.259. The van der Waals surface area contributed by atoms with Crippen LogP contribution in [0, 0.1) is 13.8 Å². The lowest BCUT2D eigenvalue weighted by molar-refractivity contribution is 0.104. The number of rotatable bonds is 7. The molecular formula is C29H26O4. The van der Waals surface area contributed by atoms with Crippen molar-refractivity contribution in [3.8, 4) is 17.2 Å². The Morgan fingerprint density at radius 2 is 1.76 bits per heavy atom. The third-order valence-electron chi connectivity index (χ3n) is 5.84. The normalized spacial score (nSPS) is 11.1. The van der Waals surface area contributed by atoms with Crippen LogP contribution in [0.15, 0.2) is 78.9 Å². The number of fused-ring (bicyclic) bond motifs is 1. The van der Waals surface area contributed by atoms with Crippen LogP contribution < -0.4 is 9.47 Å².